The summed E-state index contributed by atoms with van der Waals surface area (Å²) in [4.78, 5) is 0.198. The van der Waals surface area contributed by atoms with Gasteiger partial charge in [-0.25, -0.2) is 8.42 Å². The van der Waals surface area contributed by atoms with Crippen molar-refractivity contribution in [2.24, 2.45) is 0 Å². The molecular formula is C16H19ClN2O3S2. The molecule has 1 aromatic heterocycles. The van der Waals surface area contributed by atoms with Crippen LogP contribution in [0.25, 0.3) is 0 Å². The minimum atomic E-state index is -3.59. The second-order valence-electron chi connectivity index (χ2n) is 5.73. The van der Waals surface area contributed by atoms with Crippen LogP contribution in [-0.4, -0.2) is 36.7 Å². The first kappa shape index (κ1) is 17.8. The van der Waals surface area contributed by atoms with E-state index in [2.05, 4.69) is 5.16 Å². The van der Waals surface area contributed by atoms with Crippen molar-refractivity contribution in [3.8, 4) is 0 Å². The van der Waals surface area contributed by atoms with E-state index in [-0.39, 0.29) is 10.1 Å². The molecule has 5 nitrogen and oxygen atoms in total. The van der Waals surface area contributed by atoms with E-state index in [4.69, 9.17) is 16.1 Å². The molecule has 1 aromatic carbocycles. The number of hydrogen-bond donors (Lipinski definition) is 0. The third-order valence-electron chi connectivity index (χ3n) is 4.12. The highest BCUT2D eigenvalue weighted by Crippen LogP contribution is 2.39. The Morgan fingerprint density at radius 3 is 2.71 bits per heavy atom. The molecule has 0 unspecified atom stereocenters. The Kier molecular flexibility index (Phi) is 5.24. The maximum absolute atomic E-state index is 12.9. The molecule has 1 fully saturated rings. The van der Waals surface area contributed by atoms with Crippen molar-refractivity contribution in [3.63, 3.8) is 0 Å². The van der Waals surface area contributed by atoms with Crippen molar-refractivity contribution in [2.45, 2.75) is 30.4 Å². The summed E-state index contributed by atoms with van der Waals surface area (Å²) < 4.78 is 32.4. The number of hydrogen-bond acceptors (Lipinski definition) is 5. The summed E-state index contributed by atoms with van der Waals surface area (Å²) in [7, 11) is -3.59. The standard InChI is InChI=1S/C16H19ClN2O3S2/c1-11-16(12(2)22-18-11)24(20,21)19-8-7-15(23-10-9-19)13-5-3-4-6-14(13)17/h3-6,15H,7-10H2,1-2H3/t15-/m1/s1. The fourth-order valence-corrected chi connectivity index (χ4v) is 6.41. The Bertz CT molecular complexity index is 816. The van der Waals surface area contributed by atoms with E-state index in [9.17, 15) is 8.42 Å². The third kappa shape index (κ3) is 3.35. The van der Waals surface area contributed by atoms with Gasteiger partial charge in [0, 0.05) is 29.1 Å². The van der Waals surface area contributed by atoms with Gasteiger partial charge in [-0.3, -0.25) is 0 Å². The normalized spacial score (nSPS) is 20.0. The lowest BCUT2D eigenvalue weighted by Gasteiger charge is -2.20. The van der Waals surface area contributed by atoms with Gasteiger partial charge in [-0.1, -0.05) is 35.0 Å². The average molecular weight is 387 g/mol. The first-order valence-electron chi connectivity index (χ1n) is 7.70. The molecule has 0 bridgehead atoms. The molecule has 8 heteroatoms. The second kappa shape index (κ2) is 7.07. The Morgan fingerprint density at radius 2 is 2.04 bits per heavy atom. The van der Waals surface area contributed by atoms with Gasteiger partial charge in [0.05, 0.1) is 0 Å². The van der Waals surface area contributed by atoms with Gasteiger partial charge in [-0.2, -0.15) is 16.1 Å². The predicted molar refractivity (Wildman–Crippen MR) is 96.0 cm³/mol. The zero-order chi connectivity index (χ0) is 17.3. The summed E-state index contributed by atoms with van der Waals surface area (Å²) in [6.45, 7) is 4.21. The van der Waals surface area contributed by atoms with E-state index in [1.54, 1.807) is 25.6 Å². The van der Waals surface area contributed by atoms with Crippen LogP contribution in [0.2, 0.25) is 5.02 Å². The molecule has 1 aliphatic heterocycles. The third-order valence-corrected chi connectivity index (χ3v) is 7.92. The number of rotatable bonds is 3. The Labute approximate surface area is 151 Å². The highest BCUT2D eigenvalue weighted by atomic mass is 35.5. The summed E-state index contributed by atoms with van der Waals surface area (Å²) in [5, 5.41) is 4.70. The van der Waals surface area contributed by atoms with E-state index in [1.807, 2.05) is 24.3 Å². The Morgan fingerprint density at radius 1 is 1.29 bits per heavy atom. The van der Waals surface area contributed by atoms with Crippen LogP contribution < -0.4 is 0 Å². The van der Waals surface area contributed by atoms with Gasteiger partial charge in [0.15, 0.2) is 5.76 Å². The van der Waals surface area contributed by atoms with Crippen LogP contribution >= 0.6 is 23.4 Å². The quantitative estimate of drug-likeness (QED) is 0.802. The molecule has 2 heterocycles. The summed E-state index contributed by atoms with van der Waals surface area (Å²) in [5.74, 6) is 1.06. The van der Waals surface area contributed by atoms with Crippen LogP contribution in [0, 0.1) is 13.8 Å². The summed E-state index contributed by atoms with van der Waals surface area (Å²) in [6.07, 6.45) is 0.719. The van der Waals surface area contributed by atoms with Gasteiger partial charge in [0.25, 0.3) is 0 Å². The van der Waals surface area contributed by atoms with Crippen LogP contribution in [0.4, 0.5) is 0 Å². The number of nitrogens with zero attached hydrogens (tertiary/aromatic N) is 2. The van der Waals surface area contributed by atoms with Crippen molar-refractivity contribution in [3.05, 3.63) is 46.3 Å². The molecule has 1 aliphatic rings. The van der Waals surface area contributed by atoms with Crippen LogP contribution in [0.1, 0.15) is 28.7 Å². The molecule has 0 spiro atoms. The molecule has 0 aliphatic carbocycles. The van der Waals surface area contributed by atoms with E-state index < -0.39 is 10.0 Å². The Hall–Kier alpha value is -1.02. The average Bonchev–Trinajstić information content (AvgIpc) is 2.76. The van der Waals surface area contributed by atoms with Crippen LogP contribution in [0.5, 0.6) is 0 Å². The van der Waals surface area contributed by atoms with Crippen LogP contribution in [0.15, 0.2) is 33.7 Å². The second-order valence-corrected chi connectivity index (χ2v) is 9.32. The van der Waals surface area contributed by atoms with Crippen molar-refractivity contribution >= 4 is 33.4 Å². The number of benzene rings is 1. The van der Waals surface area contributed by atoms with Crippen molar-refractivity contribution < 1.29 is 12.9 Å². The van der Waals surface area contributed by atoms with Crippen LogP contribution in [-0.2, 0) is 10.0 Å². The lowest BCUT2D eigenvalue weighted by Crippen LogP contribution is -2.33. The van der Waals surface area contributed by atoms with E-state index in [1.165, 1.54) is 4.31 Å². The SMILES string of the molecule is Cc1noc(C)c1S(=O)(=O)N1CCS[C@@H](c2ccccc2Cl)CC1. The summed E-state index contributed by atoms with van der Waals surface area (Å²) in [5.41, 5.74) is 1.48. The minimum Gasteiger partial charge on any atom is -0.360 e. The van der Waals surface area contributed by atoms with Gasteiger partial charge < -0.3 is 4.52 Å². The van der Waals surface area contributed by atoms with Gasteiger partial charge >= 0.3 is 0 Å². The van der Waals surface area contributed by atoms with E-state index >= 15 is 0 Å². The molecule has 130 valence electrons. The van der Waals surface area contributed by atoms with Gasteiger partial charge in [0.2, 0.25) is 10.0 Å². The molecule has 0 N–H and O–H groups in total. The maximum atomic E-state index is 12.9. The van der Waals surface area contributed by atoms with Gasteiger partial charge in [-0.15, -0.1) is 0 Å². The lowest BCUT2D eigenvalue weighted by atomic mass is 10.1. The molecular weight excluding hydrogens is 368 g/mol. The summed E-state index contributed by atoms with van der Waals surface area (Å²) >= 11 is 8.04. The monoisotopic (exact) mass is 386 g/mol. The fraction of sp³-hybridized carbons (Fsp3) is 0.438. The van der Waals surface area contributed by atoms with Gasteiger partial charge in [-0.05, 0) is 31.9 Å². The zero-order valence-corrected chi connectivity index (χ0v) is 15.9. The number of aromatic nitrogens is 1. The molecule has 0 saturated carbocycles. The molecule has 2 aromatic rings. The highest BCUT2D eigenvalue weighted by Gasteiger charge is 2.33. The number of thioether (sulfide) groups is 1. The topological polar surface area (TPSA) is 63.4 Å². The maximum Gasteiger partial charge on any atom is 0.248 e. The summed E-state index contributed by atoms with van der Waals surface area (Å²) in [6, 6.07) is 7.76. The van der Waals surface area contributed by atoms with Crippen molar-refractivity contribution in [2.75, 3.05) is 18.8 Å². The largest absolute Gasteiger partial charge is 0.360 e. The molecule has 0 amide bonds. The molecule has 3 rings (SSSR count). The lowest BCUT2D eigenvalue weighted by molar-refractivity contribution is 0.388. The Balaban J connectivity index is 1.82. The first-order valence-corrected chi connectivity index (χ1v) is 10.6. The van der Waals surface area contributed by atoms with E-state index in [0.717, 1.165) is 22.8 Å². The van der Waals surface area contributed by atoms with Crippen molar-refractivity contribution in [1.29, 1.82) is 0 Å². The minimum absolute atomic E-state index is 0.198. The van der Waals surface area contributed by atoms with Crippen molar-refractivity contribution in [1.82, 2.24) is 9.46 Å². The van der Waals surface area contributed by atoms with E-state index in [0.29, 0.717) is 24.5 Å². The number of halogens is 1. The number of sulfonamides is 1. The highest BCUT2D eigenvalue weighted by molar-refractivity contribution is 7.99. The zero-order valence-electron chi connectivity index (χ0n) is 13.5. The number of aryl methyl sites for hydroxylation is 2. The smallest absolute Gasteiger partial charge is 0.248 e. The first-order chi connectivity index (χ1) is 11.4. The predicted octanol–water partition coefficient (Wildman–Crippen LogP) is 3.81. The van der Waals surface area contributed by atoms with Gasteiger partial charge in [0.1, 0.15) is 10.6 Å². The molecule has 1 atom stereocenters. The molecule has 0 radical (unpaired) electrons. The molecule has 24 heavy (non-hydrogen) atoms. The molecule has 1 saturated heterocycles. The fourth-order valence-electron chi connectivity index (χ4n) is 2.95. The van der Waals surface area contributed by atoms with Crippen LogP contribution in [0.3, 0.4) is 0 Å².